The normalized spacial score (nSPS) is 24.3. The Hall–Kier alpha value is -1.84. The number of fused-ring (bicyclic) bond motifs is 4. The summed E-state index contributed by atoms with van der Waals surface area (Å²) in [4.78, 5) is 0. The smallest absolute Gasteiger partial charge is 0.424 e. The zero-order valence-corrected chi connectivity index (χ0v) is 33.9. The lowest BCUT2D eigenvalue weighted by molar-refractivity contribution is -0.206. The second-order valence-corrected chi connectivity index (χ2v) is 18.3. The largest absolute Gasteiger partial charge is 0.507 e. The predicted molar refractivity (Wildman–Crippen MR) is 213 cm³/mol. The summed E-state index contributed by atoms with van der Waals surface area (Å²) in [5, 5.41) is 36.6. The Morgan fingerprint density at radius 3 is 1.05 bits per heavy atom. The van der Waals surface area contributed by atoms with Gasteiger partial charge in [-0.15, -0.1) is 0 Å². The van der Waals surface area contributed by atoms with Crippen LogP contribution in [0.3, 0.4) is 0 Å². The van der Waals surface area contributed by atoms with Gasteiger partial charge < -0.3 is 10.2 Å². The van der Waals surface area contributed by atoms with E-state index in [0.29, 0.717) is 36.5 Å². The van der Waals surface area contributed by atoms with Crippen molar-refractivity contribution in [3.8, 4) is 22.6 Å². The lowest BCUT2D eigenvalue weighted by atomic mass is 9.84. The minimum atomic E-state index is -4.91. The number of rotatable bonds is 3. The van der Waals surface area contributed by atoms with Crippen LogP contribution in [0, 0.1) is 0 Å². The summed E-state index contributed by atoms with van der Waals surface area (Å²) in [6, 6.07) is 13.5. The van der Waals surface area contributed by atoms with Crippen molar-refractivity contribution in [2.24, 2.45) is 0 Å². The Labute approximate surface area is 349 Å². The van der Waals surface area contributed by atoms with E-state index in [1.165, 1.54) is 12.1 Å². The average Bonchev–Trinajstić information content (AvgIpc) is 3.72. The summed E-state index contributed by atoms with van der Waals surface area (Å²) in [5.41, 5.74) is -7.02. The molecule has 4 aromatic carbocycles. The van der Waals surface area contributed by atoms with Gasteiger partial charge in [0.1, 0.15) is 11.5 Å². The highest BCUT2D eigenvalue weighted by molar-refractivity contribution is 6.63. The van der Waals surface area contributed by atoms with Crippen LogP contribution in [-0.2, 0) is 11.3 Å². The molecule has 0 unspecified atom stereocenters. The molecule has 2 saturated carbocycles. The molecule has 18 heteroatoms. The number of aromatic hydroxyl groups is 2. The van der Waals surface area contributed by atoms with Crippen LogP contribution in [-0.4, -0.2) is 55.3 Å². The predicted octanol–water partition coefficient (Wildman–Crippen LogP) is 11.5. The summed E-state index contributed by atoms with van der Waals surface area (Å²) >= 11 is 28.8. The van der Waals surface area contributed by atoms with Crippen LogP contribution < -0.4 is 21.3 Å². The van der Waals surface area contributed by atoms with E-state index in [0.717, 1.165) is 25.7 Å². The SMILES string of the molecule is ClC(Cl)Cl.ClC(Cl)Cl.Oc1c(C2(C(F)(F)F)N[C@H]3CCCC[C@@H]3N2)cc2ccccc2c1-c1c(O)c(C2(C(F)(F)F)N[C@H]3CCCC[C@@H]3N2)cc2ccccc12. The molecule has 0 bridgehead atoms. The first kappa shape index (κ1) is 43.7. The standard InChI is InChI=1S/C36H36F6N4O2.2CHCl3/c37-35(38,39)33(43-25-13-5-6-14-26(25)44-33)23-17-19-9-1-3-11-21(19)29(31(23)47)30-22-12-4-2-10-20(22)18-24(32(30)48)34(36(40,41)42)45-27-15-7-8-16-28(27)46-34;2*2-1(3)4/h1-4,9-12,17-18,25-28,43-48H,5-8,13-16H2;2*1H/t25-,26-,27-,28-;;/m0../s1. The van der Waals surface area contributed by atoms with Crippen molar-refractivity contribution >= 4 is 91.2 Å². The number of hydrogen-bond donors (Lipinski definition) is 6. The maximum absolute atomic E-state index is 15.4. The highest BCUT2D eigenvalue weighted by atomic mass is 35.6. The number of halogens is 12. The summed E-state index contributed by atoms with van der Waals surface area (Å²) in [5.74, 6) is -1.55. The van der Waals surface area contributed by atoms with Gasteiger partial charge >= 0.3 is 12.4 Å². The molecule has 2 heterocycles. The molecule has 2 aliphatic heterocycles. The Bertz CT molecular complexity index is 1860. The summed E-state index contributed by atoms with van der Waals surface area (Å²) < 4.78 is 90.6. The fourth-order valence-electron chi connectivity index (χ4n) is 8.84. The van der Waals surface area contributed by atoms with Gasteiger partial charge in [0.05, 0.1) is 0 Å². The lowest BCUT2D eigenvalue weighted by Gasteiger charge is -2.36. The molecular formula is C38H38Cl6F6N4O2. The maximum atomic E-state index is 15.4. The van der Waals surface area contributed by atoms with Crippen molar-refractivity contribution in [3.05, 3.63) is 71.8 Å². The summed E-state index contributed by atoms with van der Waals surface area (Å²) in [7, 11) is 0. The third kappa shape index (κ3) is 8.31. The van der Waals surface area contributed by atoms with Gasteiger partial charge in [0, 0.05) is 46.4 Å². The molecular weight excluding hydrogens is 871 g/mol. The first-order chi connectivity index (χ1) is 26.3. The van der Waals surface area contributed by atoms with Gasteiger partial charge in [0.25, 0.3) is 0 Å². The number of phenols is 2. The van der Waals surface area contributed by atoms with Crippen molar-refractivity contribution in [1.29, 1.82) is 0 Å². The van der Waals surface area contributed by atoms with Crippen LogP contribution in [0.15, 0.2) is 60.7 Å². The summed E-state index contributed by atoms with van der Waals surface area (Å²) in [6.45, 7) is 0. The van der Waals surface area contributed by atoms with E-state index in [1.54, 1.807) is 48.5 Å². The van der Waals surface area contributed by atoms with Crippen molar-refractivity contribution in [3.63, 3.8) is 0 Å². The highest BCUT2D eigenvalue weighted by Crippen LogP contribution is 2.55. The molecule has 4 aliphatic rings. The van der Waals surface area contributed by atoms with E-state index >= 15 is 26.3 Å². The molecule has 4 fully saturated rings. The fourth-order valence-corrected chi connectivity index (χ4v) is 8.84. The average molecular weight is 909 g/mol. The topological polar surface area (TPSA) is 88.6 Å². The van der Waals surface area contributed by atoms with Crippen LogP contribution in [0.1, 0.15) is 62.5 Å². The number of alkyl halides is 12. The van der Waals surface area contributed by atoms with E-state index < -0.39 is 79.1 Å². The van der Waals surface area contributed by atoms with Gasteiger partial charge in [-0.1, -0.05) is 144 Å². The Kier molecular flexibility index (Phi) is 13.3. The third-order valence-corrected chi connectivity index (χ3v) is 11.1. The van der Waals surface area contributed by atoms with E-state index in [9.17, 15) is 10.2 Å². The molecule has 0 spiro atoms. The van der Waals surface area contributed by atoms with Gasteiger partial charge in [0.2, 0.25) is 0 Å². The van der Waals surface area contributed by atoms with Gasteiger partial charge in [-0.05, 0) is 59.4 Å². The van der Waals surface area contributed by atoms with Gasteiger partial charge in [0.15, 0.2) is 19.9 Å². The molecule has 8 rings (SSSR count). The first-order valence-corrected chi connectivity index (χ1v) is 20.5. The van der Waals surface area contributed by atoms with Crippen molar-refractivity contribution < 1.29 is 36.6 Å². The van der Waals surface area contributed by atoms with Gasteiger partial charge in [-0.3, -0.25) is 21.3 Å². The second kappa shape index (κ2) is 17.0. The molecule has 2 saturated heterocycles. The summed E-state index contributed by atoms with van der Waals surface area (Å²) in [6.07, 6.45) is -4.71. The molecule has 6 N–H and O–H groups in total. The molecule has 306 valence electrons. The molecule has 0 radical (unpaired) electrons. The molecule has 2 aliphatic carbocycles. The number of phenolic OH excluding ortho intramolecular Hbond substituents is 2. The number of nitrogens with one attached hydrogen (secondary N) is 4. The quantitative estimate of drug-likeness (QED) is 0.0907. The Morgan fingerprint density at radius 1 is 0.518 bits per heavy atom. The fraction of sp³-hybridized carbons (Fsp3) is 0.474. The zero-order valence-electron chi connectivity index (χ0n) is 29.3. The Balaban J connectivity index is 0.000000609. The van der Waals surface area contributed by atoms with Crippen LogP contribution in [0.2, 0.25) is 0 Å². The number of benzene rings is 4. The van der Waals surface area contributed by atoms with Crippen molar-refractivity contribution in [1.82, 2.24) is 21.3 Å². The minimum Gasteiger partial charge on any atom is -0.507 e. The molecule has 56 heavy (non-hydrogen) atoms. The molecule has 6 nitrogen and oxygen atoms in total. The maximum Gasteiger partial charge on any atom is 0.424 e. The van der Waals surface area contributed by atoms with Crippen LogP contribution >= 0.6 is 69.6 Å². The van der Waals surface area contributed by atoms with E-state index in [4.69, 9.17) is 69.6 Å². The Morgan fingerprint density at radius 2 is 0.786 bits per heavy atom. The number of hydrogen-bond acceptors (Lipinski definition) is 6. The van der Waals surface area contributed by atoms with Crippen molar-refractivity contribution in [2.45, 2.75) is 108 Å². The van der Waals surface area contributed by atoms with Crippen LogP contribution in [0.5, 0.6) is 11.5 Å². The van der Waals surface area contributed by atoms with E-state index in [1.807, 2.05) is 0 Å². The monoisotopic (exact) mass is 906 g/mol. The third-order valence-electron chi connectivity index (χ3n) is 11.1. The molecule has 0 amide bonds. The van der Waals surface area contributed by atoms with Gasteiger partial charge in [-0.2, -0.15) is 26.3 Å². The van der Waals surface area contributed by atoms with Crippen LogP contribution in [0.25, 0.3) is 32.7 Å². The second-order valence-electron chi connectivity index (χ2n) is 14.3. The minimum absolute atomic E-state index is 0.173. The van der Waals surface area contributed by atoms with Crippen molar-refractivity contribution in [2.75, 3.05) is 0 Å². The first-order valence-electron chi connectivity index (χ1n) is 17.9. The molecule has 4 aromatic rings. The van der Waals surface area contributed by atoms with E-state index in [2.05, 4.69) is 21.3 Å². The van der Waals surface area contributed by atoms with Gasteiger partial charge in [-0.25, -0.2) is 0 Å². The highest BCUT2D eigenvalue weighted by Gasteiger charge is 2.65. The zero-order chi connectivity index (χ0) is 40.8. The van der Waals surface area contributed by atoms with E-state index in [-0.39, 0.29) is 21.9 Å². The lowest BCUT2D eigenvalue weighted by Crippen LogP contribution is -2.58. The van der Waals surface area contributed by atoms with Crippen LogP contribution in [0.4, 0.5) is 26.3 Å². The molecule has 0 aromatic heterocycles. The molecule has 4 atom stereocenters.